The molecule has 1 fully saturated rings. The maximum Gasteiger partial charge on any atom is 0.356 e. The van der Waals surface area contributed by atoms with E-state index in [1.165, 1.54) is 6.92 Å². The van der Waals surface area contributed by atoms with Gasteiger partial charge >= 0.3 is 13.3 Å². The number of aliphatic carboxylic acids is 1. The van der Waals surface area contributed by atoms with Crippen LogP contribution in [0.5, 0.6) is 0 Å². The molecule has 2 aromatic rings. The number of carboxylic acids is 1. The SMILES string of the molecule is C[C@@H](O)[C@@H]1C(=O)N2C(C(=O)O)=C(OP(=O)(c3ccccc3)c3ccccc3)CC12. The molecule has 0 spiro atoms. The van der Waals surface area contributed by atoms with Crippen LogP contribution in [0.2, 0.25) is 0 Å². The van der Waals surface area contributed by atoms with Crippen LogP contribution in [0, 0.1) is 5.92 Å². The third-order valence-corrected chi connectivity index (χ3v) is 7.76. The number of β-lactam (4-membered cyclic amide) rings is 1. The third kappa shape index (κ3) is 3.07. The molecular weight excluding hydrogens is 393 g/mol. The molecule has 1 amide bonds. The van der Waals surface area contributed by atoms with Crippen LogP contribution in [0.3, 0.4) is 0 Å². The number of hydrogen-bond donors (Lipinski definition) is 2. The van der Waals surface area contributed by atoms with Crippen molar-refractivity contribution in [2.75, 3.05) is 0 Å². The second-order valence-corrected chi connectivity index (χ2v) is 9.46. The van der Waals surface area contributed by atoms with Crippen molar-refractivity contribution < 1.29 is 28.9 Å². The zero-order chi connectivity index (χ0) is 20.8. The number of nitrogens with zero attached hydrogens (tertiary/aromatic N) is 1. The van der Waals surface area contributed by atoms with Gasteiger partial charge in [-0.1, -0.05) is 36.4 Å². The van der Waals surface area contributed by atoms with Gasteiger partial charge in [0.25, 0.3) is 0 Å². The van der Waals surface area contributed by atoms with Crippen LogP contribution in [-0.2, 0) is 18.7 Å². The highest BCUT2D eigenvalue weighted by Gasteiger charge is 2.58. The maximum absolute atomic E-state index is 14.1. The van der Waals surface area contributed by atoms with E-state index in [1.54, 1.807) is 60.7 Å². The predicted octanol–water partition coefficient (Wildman–Crippen LogP) is 1.84. The number of aliphatic hydroxyl groups excluding tert-OH is 1. The van der Waals surface area contributed by atoms with Crippen LogP contribution < -0.4 is 10.6 Å². The Morgan fingerprint density at radius 1 is 1.10 bits per heavy atom. The molecule has 0 bridgehead atoms. The fourth-order valence-corrected chi connectivity index (χ4v) is 6.08. The molecule has 0 saturated carbocycles. The Morgan fingerprint density at radius 2 is 1.62 bits per heavy atom. The van der Waals surface area contributed by atoms with Gasteiger partial charge in [-0.3, -0.25) is 14.3 Å². The van der Waals surface area contributed by atoms with Gasteiger partial charge in [0.15, 0.2) is 5.70 Å². The van der Waals surface area contributed by atoms with Crippen LogP contribution in [-0.4, -0.2) is 39.1 Å². The first-order chi connectivity index (χ1) is 13.8. The molecule has 150 valence electrons. The number of amides is 1. The quantitative estimate of drug-likeness (QED) is 0.553. The van der Waals surface area contributed by atoms with Crippen LogP contribution in [0.15, 0.2) is 72.1 Å². The zero-order valence-electron chi connectivity index (χ0n) is 15.6. The summed E-state index contributed by atoms with van der Waals surface area (Å²) in [5.74, 6) is -2.49. The minimum Gasteiger partial charge on any atom is -0.476 e. The van der Waals surface area contributed by atoms with Gasteiger partial charge in [0.1, 0.15) is 5.76 Å². The van der Waals surface area contributed by atoms with Gasteiger partial charge in [-0.15, -0.1) is 0 Å². The summed E-state index contributed by atoms with van der Waals surface area (Å²) in [5.41, 5.74) is -0.302. The average molecular weight is 413 g/mol. The van der Waals surface area contributed by atoms with Gasteiger partial charge in [-0.25, -0.2) is 4.79 Å². The number of carbonyl (C=O) groups is 2. The molecule has 0 aromatic heterocycles. The standard InChI is InChI=1S/C21H20NO6P/c1-13(23)18-16-12-17(19(21(25)26)22(16)20(18)24)28-29(27,14-8-4-2-5-9-14)15-10-6-3-7-11-15/h2-11,13,16,18,23H,12H2,1H3,(H,25,26)/t13-,16?,18+/m1/s1. The molecule has 1 saturated heterocycles. The Balaban J connectivity index is 1.78. The van der Waals surface area contributed by atoms with E-state index in [1.807, 2.05) is 0 Å². The monoisotopic (exact) mass is 413 g/mol. The lowest BCUT2D eigenvalue weighted by molar-refractivity contribution is -0.161. The van der Waals surface area contributed by atoms with Crippen LogP contribution in [0.25, 0.3) is 0 Å². The van der Waals surface area contributed by atoms with Crippen molar-refractivity contribution in [3.8, 4) is 0 Å². The molecule has 2 aliphatic rings. The Kier molecular flexibility index (Phi) is 4.81. The predicted molar refractivity (Wildman–Crippen MR) is 106 cm³/mol. The second-order valence-electron chi connectivity index (χ2n) is 7.14. The molecule has 8 heteroatoms. The topological polar surface area (TPSA) is 104 Å². The lowest BCUT2D eigenvalue weighted by atomic mass is 9.83. The van der Waals surface area contributed by atoms with Crippen molar-refractivity contribution in [3.63, 3.8) is 0 Å². The number of fused-ring (bicyclic) bond motifs is 1. The molecule has 0 aliphatic carbocycles. The smallest absolute Gasteiger partial charge is 0.356 e. The van der Waals surface area contributed by atoms with Gasteiger partial charge in [0, 0.05) is 6.42 Å². The third-order valence-electron chi connectivity index (χ3n) is 5.32. The van der Waals surface area contributed by atoms with Gasteiger partial charge < -0.3 is 14.7 Å². The summed E-state index contributed by atoms with van der Waals surface area (Å²) in [6, 6.07) is 16.7. The highest BCUT2D eigenvalue weighted by Crippen LogP contribution is 2.52. The lowest BCUT2D eigenvalue weighted by Crippen LogP contribution is -2.61. The molecule has 2 aromatic carbocycles. The number of carbonyl (C=O) groups excluding carboxylic acids is 1. The molecule has 2 aliphatic heterocycles. The molecule has 29 heavy (non-hydrogen) atoms. The summed E-state index contributed by atoms with van der Waals surface area (Å²) in [5, 5.41) is 20.4. The number of aliphatic hydroxyl groups is 1. The van der Waals surface area contributed by atoms with Gasteiger partial charge in [0.2, 0.25) is 5.91 Å². The Labute approximate surface area is 167 Å². The summed E-state index contributed by atoms with van der Waals surface area (Å²) in [6.45, 7) is 1.50. The molecule has 7 nitrogen and oxygen atoms in total. The molecular formula is C21H20NO6P. The molecule has 2 N–H and O–H groups in total. The first-order valence-corrected chi connectivity index (χ1v) is 10.9. The summed E-state index contributed by atoms with van der Waals surface area (Å²) >= 11 is 0. The Hall–Kier alpha value is -2.89. The molecule has 0 radical (unpaired) electrons. The second kappa shape index (κ2) is 7.17. The lowest BCUT2D eigenvalue weighted by Gasteiger charge is -2.44. The molecule has 3 atom stereocenters. The van der Waals surface area contributed by atoms with Gasteiger partial charge in [0.05, 0.1) is 28.7 Å². The van der Waals surface area contributed by atoms with Crippen molar-refractivity contribution in [2.45, 2.75) is 25.5 Å². The maximum atomic E-state index is 14.1. The van der Waals surface area contributed by atoms with Crippen LogP contribution in [0.4, 0.5) is 0 Å². The molecule has 1 unspecified atom stereocenters. The van der Waals surface area contributed by atoms with E-state index in [2.05, 4.69) is 0 Å². The van der Waals surface area contributed by atoms with E-state index in [9.17, 15) is 24.4 Å². The summed E-state index contributed by atoms with van der Waals surface area (Å²) in [4.78, 5) is 25.4. The van der Waals surface area contributed by atoms with Crippen molar-refractivity contribution in [1.82, 2.24) is 4.90 Å². The first-order valence-electron chi connectivity index (χ1n) is 9.23. The van der Waals surface area contributed by atoms with Gasteiger partial charge in [-0.05, 0) is 31.2 Å². The molecule has 2 heterocycles. The largest absolute Gasteiger partial charge is 0.476 e. The Bertz CT molecular complexity index is 990. The molecule has 4 rings (SSSR count). The first kappa shape index (κ1) is 19.4. The van der Waals surface area contributed by atoms with E-state index < -0.39 is 37.3 Å². The van der Waals surface area contributed by atoms with Crippen molar-refractivity contribution in [3.05, 3.63) is 72.1 Å². The number of carboxylic acid groups (broad SMARTS) is 1. The van der Waals surface area contributed by atoms with Crippen LogP contribution in [0.1, 0.15) is 13.3 Å². The normalized spacial score (nSPS) is 22.1. The summed E-state index contributed by atoms with van der Waals surface area (Å²) < 4.78 is 20.1. The number of benzene rings is 2. The van der Waals surface area contributed by atoms with Gasteiger partial charge in [-0.2, -0.15) is 0 Å². The highest BCUT2D eigenvalue weighted by atomic mass is 31.2. The summed E-state index contributed by atoms with van der Waals surface area (Å²) in [7, 11) is -3.66. The zero-order valence-corrected chi connectivity index (χ0v) is 16.5. The summed E-state index contributed by atoms with van der Waals surface area (Å²) in [6.07, 6.45) is -0.819. The number of rotatable bonds is 6. The highest BCUT2D eigenvalue weighted by molar-refractivity contribution is 7.74. The average Bonchev–Trinajstić information content (AvgIpc) is 3.03. The van der Waals surface area contributed by atoms with E-state index in [-0.39, 0.29) is 17.9 Å². The fourth-order valence-electron chi connectivity index (χ4n) is 3.97. The number of hydrogen-bond acceptors (Lipinski definition) is 5. The van der Waals surface area contributed by atoms with E-state index in [0.717, 1.165) is 4.90 Å². The van der Waals surface area contributed by atoms with Crippen molar-refractivity contribution in [1.29, 1.82) is 0 Å². The van der Waals surface area contributed by atoms with E-state index >= 15 is 0 Å². The van der Waals surface area contributed by atoms with E-state index in [4.69, 9.17) is 4.52 Å². The van der Waals surface area contributed by atoms with E-state index in [0.29, 0.717) is 10.6 Å². The minimum absolute atomic E-state index is 0.00459. The van der Waals surface area contributed by atoms with Crippen molar-refractivity contribution >= 4 is 29.9 Å². The minimum atomic E-state index is -3.66. The van der Waals surface area contributed by atoms with Crippen LogP contribution >= 0.6 is 7.37 Å². The fraction of sp³-hybridized carbons (Fsp3) is 0.238. The Morgan fingerprint density at radius 3 is 2.07 bits per heavy atom. The van der Waals surface area contributed by atoms with Crippen molar-refractivity contribution in [2.24, 2.45) is 5.92 Å².